The van der Waals surface area contributed by atoms with Crippen molar-refractivity contribution in [1.82, 2.24) is 19.5 Å². The van der Waals surface area contributed by atoms with Crippen LogP contribution in [0.4, 0.5) is 0 Å². The maximum absolute atomic E-state index is 6.65. The van der Waals surface area contributed by atoms with E-state index in [4.69, 9.17) is 19.4 Å². The monoisotopic (exact) mass is 792 g/mol. The van der Waals surface area contributed by atoms with Crippen LogP contribution in [0.25, 0.3) is 117 Å². The number of fused-ring (bicyclic) bond motifs is 6. The molecule has 5 nitrogen and oxygen atoms in total. The molecule has 12 rings (SSSR count). The molecule has 0 atom stereocenters. The van der Waals surface area contributed by atoms with Crippen LogP contribution in [-0.4, -0.2) is 19.5 Å². The van der Waals surface area contributed by atoms with E-state index in [0.29, 0.717) is 17.5 Å². The first-order chi connectivity index (χ1) is 30.7. The lowest BCUT2D eigenvalue weighted by Gasteiger charge is -2.11. The molecular formula is C57H36N4O. The summed E-state index contributed by atoms with van der Waals surface area (Å²) in [5, 5.41) is 4.58. The summed E-state index contributed by atoms with van der Waals surface area (Å²) in [6.07, 6.45) is 0. The number of benzene rings is 9. The van der Waals surface area contributed by atoms with Crippen molar-refractivity contribution in [2.75, 3.05) is 0 Å². The number of rotatable bonds is 7. The van der Waals surface area contributed by atoms with Crippen molar-refractivity contribution < 1.29 is 4.42 Å². The van der Waals surface area contributed by atoms with E-state index in [1.165, 1.54) is 16.3 Å². The molecule has 0 amide bonds. The quantitative estimate of drug-likeness (QED) is 0.161. The molecule has 9 aromatic carbocycles. The van der Waals surface area contributed by atoms with Crippen LogP contribution in [-0.2, 0) is 0 Å². The van der Waals surface area contributed by atoms with Crippen molar-refractivity contribution in [2.45, 2.75) is 0 Å². The minimum atomic E-state index is 0.607. The third-order valence-electron chi connectivity index (χ3n) is 11.8. The largest absolute Gasteiger partial charge is 0.456 e. The van der Waals surface area contributed by atoms with E-state index in [-0.39, 0.29) is 0 Å². The van der Waals surface area contributed by atoms with E-state index in [9.17, 15) is 0 Å². The predicted octanol–water partition coefficient (Wildman–Crippen LogP) is 14.9. The molecule has 0 saturated carbocycles. The third kappa shape index (κ3) is 6.14. The SMILES string of the molecule is c1ccc(-c2cccc(-c3nc(-c4ccc(-c5cccc6oc7cc8c(cc7c56)c5ccccc5n8-c5ccccc5)cc4)nc(-c4cccc(-c5ccccc5)c4)n3)c2)cc1. The maximum Gasteiger partial charge on any atom is 0.164 e. The van der Waals surface area contributed by atoms with Crippen molar-refractivity contribution in [2.24, 2.45) is 0 Å². The number of hydrogen-bond acceptors (Lipinski definition) is 4. The van der Waals surface area contributed by atoms with Crippen LogP contribution in [0.15, 0.2) is 223 Å². The molecule has 0 fully saturated rings. The smallest absolute Gasteiger partial charge is 0.164 e. The van der Waals surface area contributed by atoms with Gasteiger partial charge in [-0.2, -0.15) is 0 Å². The number of nitrogens with zero attached hydrogens (tertiary/aromatic N) is 4. The van der Waals surface area contributed by atoms with Gasteiger partial charge in [0.15, 0.2) is 17.5 Å². The Morgan fingerprint density at radius 2 is 0.823 bits per heavy atom. The van der Waals surface area contributed by atoms with Crippen molar-refractivity contribution in [1.29, 1.82) is 0 Å². The van der Waals surface area contributed by atoms with Crippen LogP contribution < -0.4 is 0 Å². The summed E-state index contributed by atoms with van der Waals surface area (Å²) in [7, 11) is 0. The molecule has 3 aromatic heterocycles. The Hall–Kier alpha value is -8.41. The fourth-order valence-electron chi connectivity index (χ4n) is 8.88. The molecule has 0 unspecified atom stereocenters. The molecule has 0 radical (unpaired) electrons. The lowest BCUT2D eigenvalue weighted by Crippen LogP contribution is -2.00. The summed E-state index contributed by atoms with van der Waals surface area (Å²) in [6.45, 7) is 0. The summed E-state index contributed by atoms with van der Waals surface area (Å²) in [5.74, 6) is 1.84. The van der Waals surface area contributed by atoms with Crippen LogP contribution in [0.3, 0.4) is 0 Å². The highest BCUT2D eigenvalue weighted by molar-refractivity contribution is 6.20. The Balaban J connectivity index is 0.979. The van der Waals surface area contributed by atoms with Crippen LogP contribution in [0.5, 0.6) is 0 Å². The van der Waals surface area contributed by atoms with Gasteiger partial charge in [0.25, 0.3) is 0 Å². The second kappa shape index (κ2) is 14.7. The van der Waals surface area contributed by atoms with E-state index in [1.54, 1.807) is 0 Å². The summed E-state index contributed by atoms with van der Waals surface area (Å²) in [4.78, 5) is 15.4. The van der Waals surface area contributed by atoms with Crippen LogP contribution in [0, 0.1) is 0 Å². The van der Waals surface area contributed by atoms with Gasteiger partial charge in [0.2, 0.25) is 0 Å². The molecule has 0 aliphatic heterocycles. The Morgan fingerprint density at radius 1 is 0.306 bits per heavy atom. The first-order valence-corrected chi connectivity index (χ1v) is 20.8. The second-order valence-corrected chi connectivity index (χ2v) is 15.6. The van der Waals surface area contributed by atoms with Gasteiger partial charge in [0, 0.05) is 50.0 Å². The summed E-state index contributed by atoms with van der Waals surface area (Å²) in [5.41, 5.74) is 14.5. The van der Waals surface area contributed by atoms with Crippen molar-refractivity contribution in [3.05, 3.63) is 218 Å². The molecule has 0 saturated heterocycles. The molecule has 0 spiro atoms. The van der Waals surface area contributed by atoms with E-state index in [1.807, 2.05) is 12.1 Å². The molecule has 3 heterocycles. The molecule has 62 heavy (non-hydrogen) atoms. The Kier molecular flexibility index (Phi) is 8.42. The highest BCUT2D eigenvalue weighted by Crippen LogP contribution is 2.42. The number of aromatic nitrogens is 4. The molecule has 0 N–H and O–H groups in total. The minimum absolute atomic E-state index is 0.607. The van der Waals surface area contributed by atoms with Crippen molar-refractivity contribution in [3.8, 4) is 73.2 Å². The topological polar surface area (TPSA) is 56.7 Å². The minimum Gasteiger partial charge on any atom is -0.456 e. The van der Waals surface area contributed by atoms with Crippen molar-refractivity contribution >= 4 is 43.7 Å². The number of para-hydroxylation sites is 2. The van der Waals surface area contributed by atoms with Crippen molar-refractivity contribution in [3.63, 3.8) is 0 Å². The predicted molar refractivity (Wildman–Crippen MR) is 254 cm³/mol. The van der Waals surface area contributed by atoms with Gasteiger partial charge in [-0.15, -0.1) is 0 Å². The fraction of sp³-hybridized carbons (Fsp3) is 0. The average molecular weight is 793 g/mol. The van der Waals surface area contributed by atoms with Crippen LogP contribution >= 0.6 is 0 Å². The standard InChI is InChI=1S/C57H36N4O/c1-4-15-37(16-5-1)41-19-12-21-43(33-41)56-58-55(59-57(60-56)44-22-13-20-42(34-44)38-17-6-2-7-18-38)40-31-29-39(30-32-40)46-26-14-28-52-54(46)49-35-48-47-25-10-11-27-50(47)61(45-23-8-3-9-24-45)51(48)36-53(49)62-52/h1-36H. The van der Waals surface area contributed by atoms with E-state index >= 15 is 0 Å². The van der Waals surface area contributed by atoms with Gasteiger partial charge in [0.1, 0.15) is 11.2 Å². The molecule has 5 heteroatoms. The molecule has 0 bridgehead atoms. The first kappa shape index (κ1) is 35.5. The molecule has 12 aromatic rings. The zero-order chi connectivity index (χ0) is 41.0. The summed E-state index contributed by atoms with van der Waals surface area (Å²) in [6, 6.07) is 76.2. The van der Waals surface area contributed by atoms with Gasteiger partial charge >= 0.3 is 0 Å². The van der Waals surface area contributed by atoms with E-state index in [0.717, 1.165) is 83.2 Å². The maximum atomic E-state index is 6.65. The Labute approximate surface area is 357 Å². The highest BCUT2D eigenvalue weighted by atomic mass is 16.3. The normalized spacial score (nSPS) is 11.5. The van der Waals surface area contributed by atoms with Gasteiger partial charge in [0.05, 0.1) is 11.0 Å². The van der Waals surface area contributed by atoms with E-state index < -0.39 is 0 Å². The lowest BCUT2D eigenvalue weighted by atomic mass is 9.97. The van der Waals surface area contributed by atoms with Crippen LogP contribution in [0.2, 0.25) is 0 Å². The second-order valence-electron chi connectivity index (χ2n) is 15.6. The van der Waals surface area contributed by atoms with Crippen LogP contribution in [0.1, 0.15) is 0 Å². The Morgan fingerprint density at radius 3 is 1.47 bits per heavy atom. The number of furan rings is 1. The van der Waals surface area contributed by atoms with Gasteiger partial charge in [-0.3, -0.25) is 0 Å². The summed E-state index contributed by atoms with van der Waals surface area (Å²) < 4.78 is 8.97. The van der Waals surface area contributed by atoms with Gasteiger partial charge < -0.3 is 8.98 Å². The fourth-order valence-corrected chi connectivity index (χ4v) is 8.88. The zero-order valence-corrected chi connectivity index (χ0v) is 33.5. The zero-order valence-electron chi connectivity index (χ0n) is 33.5. The Bertz CT molecular complexity index is 3510. The highest BCUT2D eigenvalue weighted by Gasteiger charge is 2.19. The molecular weight excluding hydrogens is 757 g/mol. The molecule has 0 aliphatic carbocycles. The lowest BCUT2D eigenvalue weighted by molar-refractivity contribution is 0.669. The van der Waals surface area contributed by atoms with Gasteiger partial charge in [-0.25, -0.2) is 15.0 Å². The average Bonchev–Trinajstić information content (AvgIpc) is 3.89. The van der Waals surface area contributed by atoms with Gasteiger partial charge in [-0.05, 0) is 75.8 Å². The first-order valence-electron chi connectivity index (χ1n) is 20.8. The molecule has 0 aliphatic rings. The summed E-state index contributed by atoms with van der Waals surface area (Å²) >= 11 is 0. The molecule has 290 valence electrons. The third-order valence-corrected chi connectivity index (χ3v) is 11.8. The van der Waals surface area contributed by atoms with E-state index in [2.05, 4.69) is 211 Å². The van der Waals surface area contributed by atoms with Gasteiger partial charge in [-0.1, -0.05) is 170 Å². The number of hydrogen-bond donors (Lipinski definition) is 0.